The van der Waals surface area contributed by atoms with Crippen molar-refractivity contribution in [1.82, 2.24) is 5.32 Å². The van der Waals surface area contributed by atoms with Crippen LogP contribution in [0.25, 0.3) is 10.4 Å². The number of thiophene rings is 1. The van der Waals surface area contributed by atoms with Gasteiger partial charge in [-0.15, -0.1) is 11.3 Å². The fourth-order valence-electron chi connectivity index (χ4n) is 1.72. The number of hydrogen-bond donors (Lipinski definition) is 1. The van der Waals surface area contributed by atoms with Gasteiger partial charge in [-0.3, -0.25) is 0 Å². The lowest BCUT2D eigenvalue weighted by atomic mass is 10.1. The van der Waals surface area contributed by atoms with Gasteiger partial charge in [0.2, 0.25) is 0 Å². The van der Waals surface area contributed by atoms with Crippen LogP contribution in [0, 0.1) is 5.82 Å². The topological polar surface area (TPSA) is 12.0 Å². The summed E-state index contributed by atoms with van der Waals surface area (Å²) in [6, 6.07) is 4.87. The van der Waals surface area contributed by atoms with Crippen molar-refractivity contribution in [3.05, 3.63) is 46.6 Å². The molecule has 0 aliphatic carbocycles. The maximum Gasteiger partial charge on any atom is 0.419 e. The lowest BCUT2D eigenvalue weighted by Gasteiger charge is -2.09. The second-order valence-corrected chi connectivity index (χ2v) is 4.95. The predicted molar refractivity (Wildman–Crippen MR) is 67.5 cm³/mol. The third-order valence-corrected chi connectivity index (χ3v) is 3.62. The number of alkyl halides is 3. The van der Waals surface area contributed by atoms with Crippen LogP contribution in [0.3, 0.4) is 0 Å². The Kier molecular flexibility index (Phi) is 3.91. The van der Waals surface area contributed by atoms with E-state index in [-0.39, 0.29) is 0 Å². The van der Waals surface area contributed by atoms with E-state index in [9.17, 15) is 17.6 Å². The van der Waals surface area contributed by atoms with Gasteiger partial charge in [0.25, 0.3) is 0 Å². The van der Waals surface area contributed by atoms with Crippen LogP contribution in [0.5, 0.6) is 0 Å². The number of hydrogen-bond acceptors (Lipinski definition) is 2. The largest absolute Gasteiger partial charge is 0.419 e. The Morgan fingerprint density at radius 2 is 1.95 bits per heavy atom. The van der Waals surface area contributed by atoms with Gasteiger partial charge in [-0.2, -0.15) is 13.2 Å². The Morgan fingerprint density at radius 1 is 1.21 bits per heavy atom. The molecule has 0 spiro atoms. The van der Waals surface area contributed by atoms with Crippen LogP contribution < -0.4 is 5.32 Å². The summed E-state index contributed by atoms with van der Waals surface area (Å²) in [5.41, 5.74) is 0.134. The first-order valence-electron chi connectivity index (χ1n) is 5.51. The molecule has 2 aromatic rings. The summed E-state index contributed by atoms with van der Waals surface area (Å²) >= 11 is 1.34. The maximum atomic E-state index is 13.2. The summed E-state index contributed by atoms with van der Waals surface area (Å²) in [6.45, 7) is 0.643. The van der Waals surface area contributed by atoms with Crippen molar-refractivity contribution in [2.75, 3.05) is 7.05 Å². The first-order chi connectivity index (χ1) is 8.91. The molecule has 102 valence electrons. The van der Waals surface area contributed by atoms with E-state index in [0.29, 0.717) is 17.0 Å². The van der Waals surface area contributed by atoms with Crippen molar-refractivity contribution in [3.63, 3.8) is 0 Å². The molecule has 0 atom stereocenters. The van der Waals surface area contributed by atoms with Gasteiger partial charge in [0.15, 0.2) is 0 Å². The van der Waals surface area contributed by atoms with Crippen molar-refractivity contribution in [1.29, 1.82) is 0 Å². The van der Waals surface area contributed by atoms with E-state index < -0.39 is 17.6 Å². The van der Waals surface area contributed by atoms with Crippen molar-refractivity contribution in [3.8, 4) is 10.4 Å². The third-order valence-electron chi connectivity index (χ3n) is 2.59. The lowest BCUT2D eigenvalue weighted by molar-refractivity contribution is -0.139. The average molecular weight is 289 g/mol. The van der Waals surface area contributed by atoms with Gasteiger partial charge in [-0.05, 0) is 41.8 Å². The molecular weight excluding hydrogens is 278 g/mol. The van der Waals surface area contributed by atoms with Crippen LogP contribution >= 0.6 is 11.3 Å². The van der Waals surface area contributed by atoms with E-state index in [0.717, 1.165) is 17.7 Å². The molecular formula is C13H11F4NS. The molecule has 1 N–H and O–H groups in total. The highest BCUT2D eigenvalue weighted by atomic mass is 32.1. The normalized spacial score (nSPS) is 11.8. The van der Waals surface area contributed by atoms with Crippen LogP contribution in [-0.2, 0) is 12.7 Å². The Morgan fingerprint density at radius 3 is 2.58 bits per heavy atom. The molecule has 0 saturated heterocycles. The monoisotopic (exact) mass is 289 g/mol. The zero-order valence-corrected chi connectivity index (χ0v) is 10.8. The fourth-order valence-corrected chi connectivity index (χ4v) is 2.63. The van der Waals surface area contributed by atoms with Gasteiger partial charge in [0.05, 0.1) is 5.56 Å². The molecule has 0 aliphatic rings. The number of benzene rings is 1. The van der Waals surface area contributed by atoms with Gasteiger partial charge in [-0.25, -0.2) is 4.39 Å². The molecule has 0 bridgehead atoms. The molecule has 0 amide bonds. The van der Waals surface area contributed by atoms with Crippen molar-refractivity contribution in [2.24, 2.45) is 0 Å². The molecule has 2 rings (SSSR count). The minimum absolute atomic E-state index is 0.376. The smallest absolute Gasteiger partial charge is 0.316 e. The summed E-state index contributed by atoms with van der Waals surface area (Å²) in [6.07, 6.45) is -4.68. The summed E-state index contributed by atoms with van der Waals surface area (Å²) in [5.74, 6) is -1.25. The summed E-state index contributed by atoms with van der Waals surface area (Å²) in [4.78, 5) is 0.691. The predicted octanol–water partition coefficient (Wildman–Crippen LogP) is 4.29. The SMILES string of the molecule is CNCc1csc(-c2ccc(F)c(C(F)(F)F)c2)c1. The van der Waals surface area contributed by atoms with Gasteiger partial charge in [0, 0.05) is 11.4 Å². The summed E-state index contributed by atoms with van der Waals surface area (Å²) < 4.78 is 51.1. The highest BCUT2D eigenvalue weighted by Gasteiger charge is 2.34. The highest BCUT2D eigenvalue weighted by Crippen LogP contribution is 2.35. The minimum Gasteiger partial charge on any atom is -0.316 e. The summed E-state index contributed by atoms with van der Waals surface area (Å²) in [5, 5.41) is 4.82. The van der Waals surface area contributed by atoms with Gasteiger partial charge >= 0.3 is 6.18 Å². The molecule has 1 heterocycles. The van der Waals surface area contributed by atoms with E-state index in [4.69, 9.17) is 0 Å². The lowest BCUT2D eigenvalue weighted by Crippen LogP contribution is -2.08. The Balaban J connectivity index is 2.39. The molecule has 6 heteroatoms. The van der Waals surface area contributed by atoms with Crippen LogP contribution in [0.1, 0.15) is 11.1 Å². The highest BCUT2D eigenvalue weighted by molar-refractivity contribution is 7.13. The number of nitrogens with one attached hydrogen (secondary N) is 1. The van der Waals surface area contributed by atoms with E-state index in [1.807, 2.05) is 5.38 Å². The second kappa shape index (κ2) is 5.30. The second-order valence-electron chi connectivity index (χ2n) is 4.04. The molecule has 0 aliphatic heterocycles. The zero-order chi connectivity index (χ0) is 14.0. The Hall–Kier alpha value is -1.40. The van der Waals surface area contributed by atoms with Gasteiger partial charge in [0.1, 0.15) is 5.82 Å². The van der Waals surface area contributed by atoms with Crippen LogP contribution in [0.4, 0.5) is 17.6 Å². The van der Waals surface area contributed by atoms with Crippen molar-refractivity contribution < 1.29 is 17.6 Å². The standard InChI is InChI=1S/C13H11F4NS/c1-18-6-8-4-12(19-7-8)9-2-3-11(14)10(5-9)13(15,16)17/h2-5,7,18H,6H2,1H3. The maximum absolute atomic E-state index is 13.2. The number of halogens is 4. The van der Waals surface area contributed by atoms with Gasteiger partial charge < -0.3 is 5.32 Å². The van der Waals surface area contributed by atoms with E-state index >= 15 is 0 Å². The van der Waals surface area contributed by atoms with Crippen LogP contribution in [0.2, 0.25) is 0 Å². The molecule has 0 radical (unpaired) electrons. The van der Waals surface area contributed by atoms with Gasteiger partial charge in [-0.1, -0.05) is 6.07 Å². The molecule has 0 fully saturated rings. The van der Waals surface area contributed by atoms with E-state index in [1.165, 1.54) is 17.4 Å². The molecule has 0 unspecified atom stereocenters. The molecule has 19 heavy (non-hydrogen) atoms. The molecule has 1 aromatic carbocycles. The average Bonchev–Trinajstić information content (AvgIpc) is 2.77. The first kappa shape index (κ1) is 14.0. The Labute approximate surface area is 111 Å². The zero-order valence-electron chi connectivity index (χ0n) is 10.0. The van der Waals surface area contributed by atoms with Crippen LogP contribution in [-0.4, -0.2) is 7.05 Å². The van der Waals surface area contributed by atoms with Crippen molar-refractivity contribution >= 4 is 11.3 Å². The summed E-state index contributed by atoms with van der Waals surface area (Å²) in [7, 11) is 1.79. The quantitative estimate of drug-likeness (QED) is 0.831. The molecule has 1 nitrogen and oxygen atoms in total. The first-order valence-corrected chi connectivity index (χ1v) is 6.39. The minimum atomic E-state index is -4.68. The van der Waals surface area contributed by atoms with E-state index in [2.05, 4.69) is 5.32 Å². The molecule has 0 saturated carbocycles. The molecule has 1 aromatic heterocycles. The van der Waals surface area contributed by atoms with Crippen molar-refractivity contribution in [2.45, 2.75) is 12.7 Å². The number of rotatable bonds is 3. The van der Waals surface area contributed by atoms with E-state index in [1.54, 1.807) is 13.1 Å². The third kappa shape index (κ3) is 3.13. The van der Waals surface area contributed by atoms with Crippen LogP contribution in [0.15, 0.2) is 29.6 Å². The Bertz CT molecular complexity index is 574. The fraction of sp³-hybridized carbons (Fsp3) is 0.231.